The van der Waals surface area contributed by atoms with Gasteiger partial charge >= 0.3 is 5.69 Å². The van der Waals surface area contributed by atoms with Gasteiger partial charge in [-0.1, -0.05) is 29.5 Å². The molecule has 0 bridgehead atoms. The smallest absolute Gasteiger partial charge is 0.344 e. The van der Waals surface area contributed by atoms with Gasteiger partial charge in [0.2, 0.25) is 5.91 Å². The molecule has 0 aliphatic heterocycles. The van der Waals surface area contributed by atoms with Crippen LogP contribution in [-0.4, -0.2) is 38.7 Å². The Hall–Kier alpha value is -1.67. The zero-order valence-electron chi connectivity index (χ0n) is 13.4. The maximum atomic E-state index is 11.9. The Bertz CT molecular complexity index is 750. The SMILES string of the molecule is Cc1ccc(SCCNC(=O)CSc2n[nH]c(=O)n2C2CC2)cc1. The molecule has 1 heterocycles. The van der Waals surface area contributed by atoms with Gasteiger partial charge in [-0.25, -0.2) is 9.89 Å². The maximum absolute atomic E-state index is 11.9. The number of nitrogens with one attached hydrogen (secondary N) is 2. The molecular formula is C16H20N4O2S2. The van der Waals surface area contributed by atoms with Crippen molar-refractivity contribution in [1.82, 2.24) is 20.1 Å². The van der Waals surface area contributed by atoms with Gasteiger partial charge in [-0.2, -0.15) is 0 Å². The molecule has 8 heteroatoms. The zero-order valence-corrected chi connectivity index (χ0v) is 15.1. The number of aromatic amines is 1. The summed E-state index contributed by atoms with van der Waals surface area (Å²) >= 11 is 3.02. The fourth-order valence-electron chi connectivity index (χ4n) is 2.22. The fourth-order valence-corrected chi connectivity index (χ4v) is 3.83. The average molecular weight is 364 g/mol. The van der Waals surface area contributed by atoms with Gasteiger partial charge < -0.3 is 5.32 Å². The van der Waals surface area contributed by atoms with Crippen LogP contribution in [0.4, 0.5) is 0 Å². The molecule has 24 heavy (non-hydrogen) atoms. The third kappa shape index (κ3) is 4.67. The van der Waals surface area contributed by atoms with E-state index in [-0.39, 0.29) is 23.4 Å². The third-order valence-corrected chi connectivity index (χ3v) is 5.60. The first kappa shape index (κ1) is 17.2. The van der Waals surface area contributed by atoms with Crippen molar-refractivity contribution < 1.29 is 4.79 Å². The molecule has 0 radical (unpaired) electrons. The van der Waals surface area contributed by atoms with E-state index in [2.05, 4.69) is 46.7 Å². The molecule has 2 N–H and O–H groups in total. The lowest BCUT2D eigenvalue weighted by Gasteiger charge is -2.06. The van der Waals surface area contributed by atoms with Gasteiger partial charge in [-0.3, -0.25) is 9.36 Å². The Balaban J connectivity index is 1.37. The second-order valence-electron chi connectivity index (χ2n) is 5.71. The number of hydrogen-bond acceptors (Lipinski definition) is 5. The highest BCUT2D eigenvalue weighted by Gasteiger charge is 2.28. The van der Waals surface area contributed by atoms with E-state index >= 15 is 0 Å². The van der Waals surface area contributed by atoms with Gasteiger partial charge in [0.1, 0.15) is 0 Å². The largest absolute Gasteiger partial charge is 0.355 e. The van der Waals surface area contributed by atoms with Crippen molar-refractivity contribution in [2.75, 3.05) is 18.1 Å². The van der Waals surface area contributed by atoms with E-state index < -0.39 is 0 Å². The van der Waals surface area contributed by atoms with Gasteiger partial charge in [0.15, 0.2) is 5.16 Å². The van der Waals surface area contributed by atoms with Gasteiger partial charge in [-0.15, -0.1) is 16.9 Å². The van der Waals surface area contributed by atoms with E-state index in [4.69, 9.17) is 0 Å². The van der Waals surface area contributed by atoms with Crippen LogP contribution in [0.5, 0.6) is 0 Å². The number of benzene rings is 1. The minimum atomic E-state index is -0.185. The van der Waals surface area contributed by atoms with Crippen LogP contribution in [-0.2, 0) is 4.79 Å². The Labute approximate surface area is 148 Å². The highest BCUT2D eigenvalue weighted by Crippen LogP contribution is 2.35. The first-order chi connectivity index (χ1) is 11.6. The van der Waals surface area contributed by atoms with Crippen LogP contribution in [0, 0.1) is 6.92 Å². The highest BCUT2D eigenvalue weighted by molar-refractivity contribution is 7.99. The van der Waals surface area contributed by atoms with Crippen LogP contribution in [0.3, 0.4) is 0 Å². The molecule has 1 aromatic heterocycles. The molecule has 0 spiro atoms. The van der Waals surface area contributed by atoms with Crippen molar-refractivity contribution in [3.8, 4) is 0 Å². The number of carbonyl (C=O) groups excluding carboxylic acids is 1. The molecule has 1 saturated carbocycles. The van der Waals surface area contributed by atoms with Crippen molar-refractivity contribution in [2.24, 2.45) is 0 Å². The van der Waals surface area contributed by atoms with Crippen LogP contribution in [0.1, 0.15) is 24.4 Å². The summed E-state index contributed by atoms with van der Waals surface area (Å²) in [5, 5.41) is 9.96. The molecule has 1 amide bonds. The number of H-pyrrole nitrogens is 1. The molecule has 6 nitrogen and oxygen atoms in total. The lowest BCUT2D eigenvalue weighted by molar-refractivity contribution is -0.118. The van der Waals surface area contributed by atoms with Crippen LogP contribution >= 0.6 is 23.5 Å². The summed E-state index contributed by atoms with van der Waals surface area (Å²) in [5.74, 6) is 1.06. The Kier molecular flexibility index (Phi) is 5.68. The predicted octanol–water partition coefficient (Wildman–Crippen LogP) is 2.22. The van der Waals surface area contributed by atoms with Crippen molar-refractivity contribution in [1.29, 1.82) is 0 Å². The summed E-state index contributed by atoms with van der Waals surface area (Å²) in [5.41, 5.74) is 1.06. The average Bonchev–Trinajstić information content (AvgIpc) is 3.34. The zero-order chi connectivity index (χ0) is 16.9. The van der Waals surface area contributed by atoms with Crippen LogP contribution in [0.15, 0.2) is 39.1 Å². The maximum Gasteiger partial charge on any atom is 0.344 e. The minimum Gasteiger partial charge on any atom is -0.355 e. The molecule has 128 valence electrons. The summed E-state index contributed by atoms with van der Waals surface area (Å²) in [6.45, 7) is 2.68. The van der Waals surface area contributed by atoms with Gasteiger partial charge in [0.25, 0.3) is 0 Å². The molecule has 1 aromatic carbocycles. The van der Waals surface area contributed by atoms with Crippen LogP contribution in [0.2, 0.25) is 0 Å². The minimum absolute atomic E-state index is 0.0395. The molecule has 3 rings (SSSR count). The quantitative estimate of drug-likeness (QED) is 0.555. The van der Waals surface area contributed by atoms with E-state index in [1.54, 1.807) is 16.3 Å². The second-order valence-corrected chi connectivity index (χ2v) is 7.82. The molecular weight excluding hydrogens is 344 g/mol. The topological polar surface area (TPSA) is 79.8 Å². The Morgan fingerprint density at radius 3 is 2.79 bits per heavy atom. The van der Waals surface area contributed by atoms with Crippen molar-refractivity contribution >= 4 is 29.4 Å². The van der Waals surface area contributed by atoms with E-state index in [0.717, 1.165) is 18.6 Å². The lowest BCUT2D eigenvalue weighted by Crippen LogP contribution is -2.27. The summed E-state index contributed by atoms with van der Waals surface area (Å²) in [7, 11) is 0. The number of aryl methyl sites for hydroxylation is 1. The molecule has 0 saturated heterocycles. The number of aromatic nitrogens is 3. The van der Waals surface area contributed by atoms with Crippen molar-refractivity contribution in [3.05, 3.63) is 40.3 Å². The number of nitrogens with zero attached hydrogens (tertiary/aromatic N) is 2. The number of amides is 1. The summed E-state index contributed by atoms with van der Waals surface area (Å²) in [6, 6.07) is 8.60. The summed E-state index contributed by atoms with van der Waals surface area (Å²) in [4.78, 5) is 24.8. The molecule has 0 atom stereocenters. The van der Waals surface area contributed by atoms with E-state index in [1.165, 1.54) is 22.2 Å². The van der Waals surface area contributed by atoms with Crippen molar-refractivity contribution in [2.45, 2.75) is 35.9 Å². The monoisotopic (exact) mass is 364 g/mol. The second kappa shape index (κ2) is 7.94. The van der Waals surface area contributed by atoms with Gasteiger partial charge in [-0.05, 0) is 31.9 Å². The first-order valence-electron chi connectivity index (χ1n) is 7.89. The Morgan fingerprint density at radius 2 is 2.08 bits per heavy atom. The van der Waals surface area contributed by atoms with E-state index in [1.807, 2.05) is 0 Å². The van der Waals surface area contributed by atoms with Gasteiger partial charge in [0, 0.05) is 23.2 Å². The number of hydrogen-bond donors (Lipinski definition) is 2. The van der Waals surface area contributed by atoms with Crippen molar-refractivity contribution in [3.63, 3.8) is 0 Å². The third-order valence-electron chi connectivity index (χ3n) is 3.63. The molecule has 1 aliphatic carbocycles. The first-order valence-corrected chi connectivity index (χ1v) is 9.86. The predicted molar refractivity (Wildman–Crippen MR) is 96.8 cm³/mol. The normalized spacial score (nSPS) is 13.9. The lowest BCUT2D eigenvalue weighted by atomic mass is 10.2. The number of thioether (sulfide) groups is 2. The fraction of sp³-hybridized carbons (Fsp3) is 0.438. The molecule has 2 aromatic rings. The standard InChI is InChI=1S/C16H20N4O2S2/c1-11-2-6-13(7-3-11)23-9-8-17-14(21)10-24-16-19-18-15(22)20(16)12-4-5-12/h2-3,6-7,12H,4-5,8-10H2,1H3,(H,17,21)(H,18,22). The van der Waals surface area contributed by atoms with E-state index in [9.17, 15) is 9.59 Å². The highest BCUT2D eigenvalue weighted by atomic mass is 32.2. The summed E-state index contributed by atoms with van der Waals surface area (Å²) < 4.78 is 1.66. The molecule has 1 aliphatic rings. The molecule has 0 unspecified atom stereocenters. The van der Waals surface area contributed by atoms with Gasteiger partial charge in [0.05, 0.1) is 5.75 Å². The van der Waals surface area contributed by atoms with Crippen LogP contribution < -0.4 is 11.0 Å². The number of carbonyl (C=O) groups is 1. The summed E-state index contributed by atoms with van der Waals surface area (Å²) in [6.07, 6.45) is 2.02. The molecule has 1 fully saturated rings. The number of rotatable bonds is 8. The van der Waals surface area contributed by atoms with Crippen LogP contribution in [0.25, 0.3) is 0 Å². The Morgan fingerprint density at radius 1 is 1.33 bits per heavy atom. The van der Waals surface area contributed by atoms with E-state index in [0.29, 0.717) is 11.7 Å².